The molecule has 1 aliphatic heterocycles. The zero-order chi connectivity index (χ0) is 14.1. The van der Waals surface area contributed by atoms with Crippen LogP contribution in [0.3, 0.4) is 0 Å². The summed E-state index contributed by atoms with van der Waals surface area (Å²) in [6.45, 7) is 3.84. The Morgan fingerprint density at radius 3 is 2.65 bits per heavy atom. The van der Waals surface area contributed by atoms with Gasteiger partial charge in [-0.25, -0.2) is 4.79 Å². The minimum Gasteiger partial charge on any atom is -0.477 e. The van der Waals surface area contributed by atoms with E-state index in [2.05, 4.69) is 27.0 Å². The molecule has 0 atom stereocenters. The van der Waals surface area contributed by atoms with Gasteiger partial charge in [-0.2, -0.15) is 0 Å². The van der Waals surface area contributed by atoms with Crippen molar-refractivity contribution in [1.29, 1.82) is 0 Å². The van der Waals surface area contributed by atoms with E-state index in [1.165, 1.54) is 11.3 Å². The number of carboxylic acid groups (broad SMARTS) is 1. The van der Waals surface area contributed by atoms with E-state index in [-0.39, 0.29) is 5.69 Å². The number of likely N-dealkylation sites (N-methyl/N-ethyl adjacent to an activating group) is 1. The van der Waals surface area contributed by atoms with Crippen LogP contribution in [-0.4, -0.2) is 64.0 Å². The highest BCUT2D eigenvalue weighted by Gasteiger charge is 2.19. The largest absolute Gasteiger partial charge is 0.477 e. The lowest BCUT2D eigenvalue weighted by Crippen LogP contribution is -2.44. The summed E-state index contributed by atoms with van der Waals surface area (Å²) >= 11 is 1.41. The van der Waals surface area contributed by atoms with E-state index >= 15 is 0 Å². The quantitative estimate of drug-likeness (QED) is 0.901. The first kappa shape index (κ1) is 13.1. The zero-order valence-electron chi connectivity index (χ0n) is 11.1. The molecule has 0 aromatic carbocycles. The standard InChI is InChI=1S/C12H15N5O2S/c1-15-5-7-16(8-6-15)11-13-14-12(20-11)17-4-2-3-9(17)10(18)19/h2-4H,5-8H2,1H3,(H,18,19). The summed E-state index contributed by atoms with van der Waals surface area (Å²) in [4.78, 5) is 15.6. The lowest BCUT2D eigenvalue weighted by Gasteiger charge is -2.31. The van der Waals surface area contributed by atoms with E-state index in [1.807, 2.05) is 0 Å². The second kappa shape index (κ2) is 5.22. The second-order valence-corrected chi connectivity index (χ2v) is 5.66. The molecule has 20 heavy (non-hydrogen) atoms. The summed E-state index contributed by atoms with van der Waals surface area (Å²) in [7, 11) is 2.10. The Kier molecular flexibility index (Phi) is 3.41. The Labute approximate surface area is 120 Å². The maximum absolute atomic E-state index is 11.1. The Morgan fingerprint density at radius 1 is 1.25 bits per heavy atom. The molecule has 0 amide bonds. The number of piperazine rings is 1. The number of nitrogens with zero attached hydrogens (tertiary/aromatic N) is 5. The van der Waals surface area contributed by atoms with Gasteiger partial charge in [0, 0.05) is 32.4 Å². The number of aromatic nitrogens is 3. The molecule has 2 aromatic heterocycles. The lowest BCUT2D eigenvalue weighted by molar-refractivity contribution is 0.0688. The topological polar surface area (TPSA) is 74.5 Å². The molecule has 0 saturated carbocycles. The molecule has 106 valence electrons. The van der Waals surface area contributed by atoms with Crippen molar-refractivity contribution >= 4 is 22.4 Å². The van der Waals surface area contributed by atoms with Crippen molar-refractivity contribution in [2.45, 2.75) is 0 Å². The van der Waals surface area contributed by atoms with Crippen LogP contribution in [0.5, 0.6) is 0 Å². The molecule has 1 aliphatic rings. The van der Waals surface area contributed by atoms with E-state index in [0.717, 1.165) is 31.3 Å². The molecule has 0 unspecified atom stereocenters. The molecule has 0 aliphatic carbocycles. The molecule has 1 saturated heterocycles. The number of carbonyl (C=O) groups is 1. The Bertz CT molecular complexity index is 615. The molecule has 1 N–H and O–H groups in total. The normalized spacial score (nSPS) is 16.6. The average molecular weight is 293 g/mol. The van der Waals surface area contributed by atoms with Gasteiger partial charge in [-0.1, -0.05) is 11.3 Å². The van der Waals surface area contributed by atoms with Gasteiger partial charge in [0.1, 0.15) is 5.69 Å². The Balaban J connectivity index is 1.83. The van der Waals surface area contributed by atoms with Crippen LogP contribution < -0.4 is 4.90 Å². The zero-order valence-corrected chi connectivity index (χ0v) is 11.9. The summed E-state index contributed by atoms with van der Waals surface area (Å²) < 4.78 is 1.56. The van der Waals surface area contributed by atoms with E-state index in [1.54, 1.807) is 22.9 Å². The molecule has 1 fully saturated rings. The van der Waals surface area contributed by atoms with Crippen LogP contribution in [0.2, 0.25) is 0 Å². The fraction of sp³-hybridized carbons (Fsp3) is 0.417. The van der Waals surface area contributed by atoms with Gasteiger partial charge in [0.05, 0.1) is 0 Å². The van der Waals surface area contributed by atoms with Crippen molar-refractivity contribution in [3.8, 4) is 5.13 Å². The van der Waals surface area contributed by atoms with Crippen LogP contribution in [0.15, 0.2) is 18.3 Å². The number of carboxylic acids is 1. The van der Waals surface area contributed by atoms with Crippen LogP contribution in [0, 0.1) is 0 Å². The van der Waals surface area contributed by atoms with Crippen molar-refractivity contribution in [2.75, 3.05) is 38.1 Å². The van der Waals surface area contributed by atoms with Gasteiger partial charge in [0.15, 0.2) is 0 Å². The van der Waals surface area contributed by atoms with Crippen molar-refractivity contribution in [3.63, 3.8) is 0 Å². The van der Waals surface area contributed by atoms with Crippen molar-refractivity contribution in [2.24, 2.45) is 0 Å². The minimum atomic E-state index is -0.966. The molecule has 3 heterocycles. The molecule has 0 bridgehead atoms. The molecular formula is C12H15N5O2S. The van der Waals surface area contributed by atoms with Gasteiger partial charge >= 0.3 is 5.97 Å². The fourth-order valence-electron chi connectivity index (χ4n) is 2.15. The fourth-order valence-corrected chi connectivity index (χ4v) is 3.05. The number of anilines is 1. The summed E-state index contributed by atoms with van der Waals surface area (Å²) in [6, 6.07) is 3.25. The highest BCUT2D eigenvalue weighted by Crippen LogP contribution is 2.25. The van der Waals surface area contributed by atoms with Gasteiger partial charge in [0.25, 0.3) is 0 Å². The third-order valence-electron chi connectivity index (χ3n) is 3.35. The molecule has 7 nitrogen and oxygen atoms in total. The summed E-state index contributed by atoms with van der Waals surface area (Å²) in [5, 5.41) is 18.8. The maximum Gasteiger partial charge on any atom is 0.352 e. The maximum atomic E-state index is 11.1. The predicted octanol–water partition coefficient (Wildman–Crippen LogP) is 0.779. The van der Waals surface area contributed by atoms with Gasteiger partial charge in [-0.15, -0.1) is 10.2 Å². The highest BCUT2D eigenvalue weighted by molar-refractivity contribution is 7.17. The van der Waals surface area contributed by atoms with E-state index in [9.17, 15) is 4.79 Å². The van der Waals surface area contributed by atoms with Crippen LogP contribution in [0.4, 0.5) is 5.13 Å². The number of hydrogen-bond donors (Lipinski definition) is 1. The molecule has 0 radical (unpaired) electrons. The summed E-state index contributed by atoms with van der Waals surface area (Å²) in [5.41, 5.74) is 0.200. The van der Waals surface area contributed by atoms with Gasteiger partial charge < -0.3 is 14.9 Å². The molecule has 0 spiro atoms. The van der Waals surface area contributed by atoms with Crippen molar-refractivity contribution < 1.29 is 9.90 Å². The van der Waals surface area contributed by atoms with Gasteiger partial charge in [-0.3, -0.25) is 4.57 Å². The summed E-state index contributed by atoms with van der Waals surface area (Å²) in [6.07, 6.45) is 1.69. The van der Waals surface area contributed by atoms with E-state index in [0.29, 0.717) is 5.13 Å². The number of hydrogen-bond acceptors (Lipinski definition) is 6. The first-order valence-electron chi connectivity index (χ1n) is 6.33. The second-order valence-electron chi connectivity index (χ2n) is 4.73. The molecule has 2 aromatic rings. The first-order valence-corrected chi connectivity index (χ1v) is 7.15. The highest BCUT2D eigenvalue weighted by atomic mass is 32.1. The van der Waals surface area contributed by atoms with E-state index < -0.39 is 5.97 Å². The first-order chi connectivity index (χ1) is 9.65. The van der Waals surface area contributed by atoms with Crippen LogP contribution in [0.25, 0.3) is 5.13 Å². The Hall–Kier alpha value is -1.93. The van der Waals surface area contributed by atoms with Crippen LogP contribution in [0.1, 0.15) is 10.5 Å². The lowest BCUT2D eigenvalue weighted by atomic mass is 10.3. The smallest absolute Gasteiger partial charge is 0.352 e. The van der Waals surface area contributed by atoms with Crippen LogP contribution in [-0.2, 0) is 0 Å². The van der Waals surface area contributed by atoms with Crippen molar-refractivity contribution in [3.05, 3.63) is 24.0 Å². The number of rotatable bonds is 3. The third kappa shape index (κ3) is 2.39. The molecule has 8 heteroatoms. The van der Waals surface area contributed by atoms with Crippen molar-refractivity contribution in [1.82, 2.24) is 19.7 Å². The molecular weight excluding hydrogens is 278 g/mol. The summed E-state index contributed by atoms with van der Waals surface area (Å²) in [5.74, 6) is -0.966. The average Bonchev–Trinajstić information content (AvgIpc) is 3.08. The monoisotopic (exact) mass is 293 g/mol. The molecule has 3 rings (SSSR count). The third-order valence-corrected chi connectivity index (χ3v) is 4.33. The van der Waals surface area contributed by atoms with E-state index in [4.69, 9.17) is 5.11 Å². The Morgan fingerprint density at radius 2 is 1.95 bits per heavy atom. The van der Waals surface area contributed by atoms with Gasteiger partial charge in [-0.05, 0) is 19.2 Å². The van der Waals surface area contributed by atoms with Gasteiger partial charge in [0.2, 0.25) is 10.3 Å². The minimum absolute atomic E-state index is 0.200. The SMILES string of the molecule is CN1CCN(c2nnc(-n3cccc3C(=O)O)s2)CC1. The van der Waals surface area contributed by atoms with Crippen LogP contribution >= 0.6 is 11.3 Å². The predicted molar refractivity (Wildman–Crippen MR) is 75.9 cm³/mol. The number of aromatic carboxylic acids is 1.